The number of rotatable bonds is 6. The van der Waals surface area contributed by atoms with E-state index in [2.05, 4.69) is 50.9 Å². The quantitative estimate of drug-likeness (QED) is 0.588. The molecule has 22 heavy (non-hydrogen) atoms. The lowest BCUT2D eigenvalue weighted by molar-refractivity contribution is -0.882. The molecule has 2 heterocycles. The SMILES string of the molecule is C[NH+]1CCC(=C(CCCO)c2cccs2)CC1.[O-]OOOCl. The van der Waals surface area contributed by atoms with Crippen LogP contribution in [0.25, 0.3) is 5.57 Å². The summed E-state index contributed by atoms with van der Waals surface area (Å²) in [6.45, 7) is 2.81. The van der Waals surface area contributed by atoms with E-state index in [1.807, 2.05) is 11.3 Å². The zero-order chi connectivity index (χ0) is 16.2. The van der Waals surface area contributed by atoms with Crippen molar-refractivity contribution in [2.45, 2.75) is 25.7 Å². The van der Waals surface area contributed by atoms with Crippen molar-refractivity contribution in [2.75, 3.05) is 26.7 Å². The molecule has 0 saturated carbocycles. The maximum Gasteiger partial charge on any atom is 0.103 e. The highest BCUT2D eigenvalue weighted by molar-refractivity contribution is 7.11. The van der Waals surface area contributed by atoms with Gasteiger partial charge in [-0.25, -0.2) is 0 Å². The minimum absolute atomic E-state index is 0.299. The van der Waals surface area contributed by atoms with Crippen LogP contribution < -0.4 is 10.2 Å². The lowest BCUT2D eigenvalue weighted by atomic mass is 9.94. The molecule has 1 aromatic heterocycles. The van der Waals surface area contributed by atoms with Crippen molar-refractivity contribution in [3.63, 3.8) is 0 Å². The molecule has 0 radical (unpaired) electrons. The maximum absolute atomic E-state index is 9.03. The van der Waals surface area contributed by atoms with E-state index in [-0.39, 0.29) is 0 Å². The number of hydrogen-bond acceptors (Lipinski definition) is 6. The highest BCUT2D eigenvalue weighted by Gasteiger charge is 2.17. The molecule has 0 bridgehead atoms. The fourth-order valence-corrected chi connectivity index (χ4v) is 3.34. The number of aliphatic hydroxyl groups excluding tert-OH is 1. The maximum atomic E-state index is 9.03. The van der Waals surface area contributed by atoms with Gasteiger partial charge in [0.2, 0.25) is 0 Å². The molecule has 0 amide bonds. The van der Waals surface area contributed by atoms with Crippen LogP contribution in [0.1, 0.15) is 30.6 Å². The van der Waals surface area contributed by atoms with Gasteiger partial charge in [0.05, 0.1) is 20.1 Å². The highest BCUT2D eigenvalue weighted by Crippen LogP contribution is 2.30. The summed E-state index contributed by atoms with van der Waals surface area (Å²) < 4.78 is 3.13. The Balaban J connectivity index is 0.000000422. The van der Waals surface area contributed by atoms with Crippen LogP contribution in [0.4, 0.5) is 0 Å². The zero-order valence-electron chi connectivity index (χ0n) is 12.5. The molecule has 1 fully saturated rings. The minimum Gasteiger partial charge on any atom is -0.690 e. The van der Waals surface area contributed by atoms with Crippen molar-refractivity contribution in [3.8, 4) is 0 Å². The molecule has 8 heteroatoms. The number of likely N-dealkylation sites (tertiary alicyclic amines) is 1. The van der Waals surface area contributed by atoms with Gasteiger partial charge >= 0.3 is 0 Å². The third kappa shape index (κ3) is 7.17. The second kappa shape index (κ2) is 12.0. The largest absolute Gasteiger partial charge is 0.690 e. The van der Waals surface area contributed by atoms with Gasteiger partial charge in [-0.05, 0) is 29.9 Å². The minimum atomic E-state index is 0.299. The van der Waals surface area contributed by atoms with Crippen LogP contribution in [0.2, 0.25) is 0 Å². The van der Waals surface area contributed by atoms with Crippen molar-refractivity contribution >= 4 is 28.8 Å². The molecule has 0 unspecified atom stereocenters. The second-order valence-electron chi connectivity index (χ2n) is 5.04. The van der Waals surface area contributed by atoms with Crippen molar-refractivity contribution in [1.29, 1.82) is 0 Å². The van der Waals surface area contributed by atoms with Gasteiger partial charge in [0.1, 0.15) is 11.9 Å². The fourth-order valence-electron chi connectivity index (χ4n) is 2.47. The van der Waals surface area contributed by atoms with Gasteiger partial charge in [0.15, 0.2) is 0 Å². The van der Waals surface area contributed by atoms with Crippen molar-refractivity contribution in [1.82, 2.24) is 0 Å². The van der Waals surface area contributed by atoms with Gasteiger partial charge in [0.25, 0.3) is 0 Å². The molecule has 0 aliphatic carbocycles. The monoisotopic (exact) mass is 351 g/mol. The average Bonchev–Trinajstić information content (AvgIpc) is 3.05. The molecule has 0 atom stereocenters. The number of halogens is 1. The molecule has 1 aliphatic heterocycles. The van der Waals surface area contributed by atoms with Gasteiger partial charge in [-0.1, -0.05) is 21.1 Å². The van der Waals surface area contributed by atoms with E-state index >= 15 is 0 Å². The Morgan fingerprint density at radius 1 is 1.45 bits per heavy atom. The number of nitrogens with one attached hydrogen (secondary N) is 1. The third-order valence-electron chi connectivity index (χ3n) is 3.59. The highest BCUT2D eigenvalue weighted by atomic mass is 35.5. The molecule has 0 spiro atoms. The van der Waals surface area contributed by atoms with Gasteiger partial charge < -0.3 is 15.3 Å². The summed E-state index contributed by atoms with van der Waals surface area (Å²) >= 11 is 6.08. The number of aliphatic hydroxyl groups is 1. The van der Waals surface area contributed by atoms with E-state index in [9.17, 15) is 0 Å². The third-order valence-corrected chi connectivity index (χ3v) is 4.57. The Bertz CT molecular complexity index is 415. The number of quaternary nitrogens is 1. The Kier molecular flexibility index (Phi) is 10.6. The smallest absolute Gasteiger partial charge is 0.103 e. The fraction of sp³-hybridized carbons (Fsp3) is 0.571. The van der Waals surface area contributed by atoms with E-state index < -0.39 is 0 Å². The van der Waals surface area contributed by atoms with Crippen molar-refractivity contribution in [3.05, 3.63) is 28.0 Å². The summed E-state index contributed by atoms with van der Waals surface area (Å²) in [6, 6.07) is 4.34. The molecule has 0 aromatic carbocycles. The molecule has 126 valence electrons. The molecule has 1 saturated heterocycles. The van der Waals surface area contributed by atoms with Gasteiger partial charge in [-0.2, -0.15) is 0 Å². The number of thiophene rings is 1. The lowest BCUT2D eigenvalue weighted by Crippen LogP contribution is -3.09. The molecule has 6 nitrogen and oxygen atoms in total. The molecule has 1 aromatic rings. The molecule has 2 N–H and O–H groups in total. The number of allylic oxidation sites excluding steroid dienone is 1. The Morgan fingerprint density at radius 2 is 2.18 bits per heavy atom. The first-order valence-corrected chi connectivity index (χ1v) is 8.32. The molecule has 2 rings (SSSR count). The van der Waals surface area contributed by atoms with Gasteiger partial charge in [-0.15, -0.1) is 11.3 Å². The first-order chi connectivity index (χ1) is 10.7. The van der Waals surface area contributed by atoms with E-state index in [4.69, 9.17) is 10.4 Å². The van der Waals surface area contributed by atoms with Crippen LogP contribution in [0.3, 0.4) is 0 Å². The Labute approximate surface area is 139 Å². The van der Waals surface area contributed by atoms with E-state index in [0.717, 1.165) is 12.8 Å². The molecular formula is C14H22ClNO5S. The first-order valence-electron chi connectivity index (χ1n) is 7.13. The lowest BCUT2D eigenvalue weighted by Gasteiger charge is -2.24. The number of piperidine rings is 1. The standard InChI is InChI=1S/C14H21NOS.ClHO4/c1-15-8-6-12(7-9-15)13(4-2-10-16)14-5-3-11-17-14;1-3-5-4-2/h3,5,11,16H,2,4,6-10H2,1H3;2H. The van der Waals surface area contributed by atoms with Crippen LogP contribution in [-0.2, 0) is 14.5 Å². The summed E-state index contributed by atoms with van der Waals surface area (Å²) in [7, 11) is 2.27. The van der Waals surface area contributed by atoms with Gasteiger partial charge in [-0.3, -0.25) is 5.04 Å². The van der Waals surface area contributed by atoms with E-state index in [0.29, 0.717) is 6.61 Å². The van der Waals surface area contributed by atoms with Crippen LogP contribution in [0.15, 0.2) is 23.1 Å². The summed E-state index contributed by atoms with van der Waals surface area (Å²) in [6.07, 6.45) is 4.37. The van der Waals surface area contributed by atoms with Crippen LogP contribution in [-0.4, -0.2) is 31.9 Å². The van der Waals surface area contributed by atoms with Crippen LogP contribution >= 0.6 is 23.2 Å². The van der Waals surface area contributed by atoms with E-state index in [1.54, 1.807) is 10.5 Å². The Hall–Kier alpha value is -0.510. The second-order valence-corrected chi connectivity index (χ2v) is 6.12. The summed E-state index contributed by atoms with van der Waals surface area (Å²) in [5.41, 5.74) is 3.15. The van der Waals surface area contributed by atoms with Gasteiger partial charge in [0, 0.05) is 24.3 Å². The zero-order valence-corrected chi connectivity index (χ0v) is 14.1. The number of hydrogen-bond donors (Lipinski definition) is 2. The summed E-state index contributed by atoms with van der Waals surface area (Å²) in [4.78, 5) is 3.05. The van der Waals surface area contributed by atoms with Crippen molar-refractivity contribution in [2.24, 2.45) is 0 Å². The van der Waals surface area contributed by atoms with E-state index in [1.165, 1.54) is 36.4 Å². The normalized spacial score (nSPS) is 17.8. The topological polar surface area (TPSA) is 75.4 Å². The van der Waals surface area contributed by atoms with Crippen molar-refractivity contribution < 1.29 is 29.8 Å². The summed E-state index contributed by atoms with van der Waals surface area (Å²) in [5, 5.41) is 25.4. The van der Waals surface area contributed by atoms with Crippen LogP contribution in [0.5, 0.6) is 0 Å². The van der Waals surface area contributed by atoms with Crippen LogP contribution in [0, 0.1) is 0 Å². The first kappa shape index (κ1) is 19.5. The summed E-state index contributed by atoms with van der Waals surface area (Å²) in [5.74, 6) is 0. The molecule has 1 aliphatic rings. The predicted octanol–water partition coefficient (Wildman–Crippen LogP) is 0.878. The molecular weight excluding hydrogens is 330 g/mol. The Morgan fingerprint density at radius 3 is 2.64 bits per heavy atom. The average molecular weight is 352 g/mol. The predicted molar refractivity (Wildman–Crippen MR) is 82.5 cm³/mol.